The van der Waals surface area contributed by atoms with Crippen LogP contribution in [0.3, 0.4) is 0 Å². The average Bonchev–Trinajstić information content (AvgIpc) is 2.43. The zero-order valence-electron chi connectivity index (χ0n) is 11.5. The number of benzene rings is 1. The smallest absolute Gasteiger partial charge is 0.240 e. The van der Waals surface area contributed by atoms with Gasteiger partial charge in [0, 0.05) is 18.5 Å². The van der Waals surface area contributed by atoms with Gasteiger partial charge < -0.3 is 5.73 Å². The molecule has 0 unspecified atom stereocenters. The van der Waals surface area contributed by atoms with E-state index in [1.807, 2.05) is 0 Å². The van der Waals surface area contributed by atoms with Crippen LogP contribution in [0, 0.1) is 0 Å². The van der Waals surface area contributed by atoms with E-state index in [9.17, 15) is 13.2 Å². The fourth-order valence-electron chi connectivity index (χ4n) is 1.60. The van der Waals surface area contributed by atoms with Gasteiger partial charge in [-0.15, -0.1) is 12.4 Å². The quantitative estimate of drug-likeness (QED) is 0.564. The monoisotopic (exact) mass is 320 g/mol. The third kappa shape index (κ3) is 5.58. The number of rotatable bonds is 8. The summed E-state index contributed by atoms with van der Waals surface area (Å²) in [4.78, 5) is 11.7. The van der Waals surface area contributed by atoms with Crippen LogP contribution in [0.25, 0.3) is 0 Å². The van der Waals surface area contributed by atoms with Crippen molar-refractivity contribution in [1.29, 1.82) is 0 Å². The predicted octanol–water partition coefficient (Wildman–Crippen LogP) is 1.72. The maximum atomic E-state index is 12.0. The summed E-state index contributed by atoms with van der Waals surface area (Å²) in [6, 6.07) is 6.10. The molecule has 0 radical (unpaired) electrons. The Balaban J connectivity index is 0.00000361. The number of carbonyl (C=O) groups excluding carboxylic acids is 1. The highest BCUT2D eigenvalue weighted by Gasteiger charge is 2.15. The summed E-state index contributed by atoms with van der Waals surface area (Å²) in [7, 11) is -3.55. The lowest BCUT2D eigenvalue weighted by Crippen LogP contribution is -2.25. The summed E-state index contributed by atoms with van der Waals surface area (Å²) in [6.45, 7) is 2.64. The average molecular weight is 321 g/mol. The molecule has 0 saturated carbocycles. The van der Waals surface area contributed by atoms with E-state index in [-0.39, 0.29) is 23.1 Å². The van der Waals surface area contributed by atoms with Crippen LogP contribution in [0.2, 0.25) is 0 Å². The molecule has 1 aromatic rings. The number of ketones is 1. The number of sulfonamides is 1. The summed E-state index contributed by atoms with van der Waals surface area (Å²) in [6.07, 6.45) is 1.83. The van der Waals surface area contributed by atoms with Gasteiger partial charge in [0.2, 0.25) is 10.0 Å². The summed E-state index contributed by atoms with van der Waals surface area (Å²) in [5.41, 5.74) is 5.77. The van der Waals surface area contributed by atoms with Gasteiger partial charge in [-0.25, -0.2) is 13.1 Å². The van der Waals surface area contributed by atoms with E-state index < -0.39 is 10.0 Å². The van der Waals surface area contributed by atoms with Gasteiger partial charge in [-0.2, -0.15) is 0 Å². The molecule has 5 nitrogen and oxygen atoms in total. The van der Waals surface area contributed by atoms with Crippen molar-refractivity contribution >= 4 is 28.2 Å². The lowest BCUT2D eigenvalue weighted by molar-refractivity contribution is 0.0988. The summed E-state index contributed by atoms with van der Waals surface area (Å²) >= 11 is 0. The predicted molar refractivity (Wildman–Crippen MR) is 81.8 cm³/mol. The molecule has 0 amide bonds. The maximum absolute atomic E-state index is 12.0. The minimum Gasteiger partial charge on any atom is -0.330 e. The largest absolute Gasteiger partial charge is 0.330 e. The van der Waals surface area contributed by atoms with Crippen LogP contribution in [0.5, 0.6) is 0 Å². The highest BCUT2D eigenvalue weighted by molar-refractivity contribution is 7.89. The molecule has 0 saturated heterocycles. The first-order valence-corrected chi connectivity index (χ1v) is 7.82. The van der Waals surface area contributed by atoms with Crippen molar-refractivity contribution in [2.24, 2.45) is 5.73 Å². The number of carbonyl (C=O) groups is 1. The Bertz CT molecular complexity index is 532. The Labute approximate surface area is 126 Å². The summed E-state index contributed by atoms with van der Waals surface area (Å²) in [5.74, 6) is -0.0693. The van der Waals surface area contributed by atoms with E-state index in [1.165, 1.54) is 12.1 Å². The molecule has 0 atom stereocenters. The van der Waals surface area contributed by atoms with Crippen LogP contribution in [0.1, 0.15) is 36.5 Å². The molecule has 0 aliphatic rings. The SMILES string of the molecule is CCC(=O)c1cccc(S(=O)(=O)NCCCCN)c1.Cl. The number of halogens is 1. The van der Waals surface area contributed by atoms with Crippen molar-refractivity contribution in [2.45, 2.75) is 31.1 Å². The van der Waals surface area contributed by atoms with Crippen LogP contribution in [-0.4, -0.2) is 27.3 Å². The van der Waals surface area contributed by atoms with Crippen molar-refractivity contribution < 1.29 is 13.2 Å². The molecule has 0 spiro atoms. The fourth-order valence-corrected chi connectivity index (χ4v) is 2.72. The standard InChI is InChI=1S/C13H20N2O3S.ClH/c1-2-13(16)11-6-5-7-12(10-11)19(17,18)15-9-4-3-8-14;/h5-7,10,15H,2-4,8-9,14H2,1H3;1H. The van der Waals surface area contributed by atoms with Gasteiger partial charge in [0.1, 0.15) is 0 Å². The molecule has 1 aromatic carbocycles. The molecule has 1 rings (SSSR count). The lowest BCUT2D eigenvalue weighted by atomic mass is 10.1. The molecule has 7 heteroatoms. The van der Waals surface area contributed by atoms with E-state index in [1.54, 1.807) is 19.1 Å². The Kier molecular flexibility index (Phi) is 8.64. The Hall–Kier alpha value is -0.950. The Morgan fingerprint density at radius 1 is 1.30 bits per heavy atom. The summed E-state index contributed by atoms with van der Waals surface area (Å²) < 4.78 is 26.5. The Morgan fingerprint density at radius 2 is 2.00 bits per heavy atom. The van der Waals surface area contributed by atoms with Gasteiger partial charge in [0.05, 0.1) is 4.90 Å². The number of hydrogen-bond donors (Lipinski definition) is 2. The van der Waals surface area contributed by atoms with Crippen LogP contribution < -0.4 is 10.5 Å². The molecule has 0 fully saturated rings. The number of Topliss-reactive ketones (excluding diaryl/α,β-unsaturated/α-hetero) is 1. The van der Waals surface area contributed by atoms with Crippen LogP contribution >= 0.6 is 12.4 Å². The topological polar surface area (TPSA) is 89.3 Å². The first-order valence-electron chi connectivity index (χ1n) is 6.34. The van der Waals surface area contributed by atoms with Crippen molar-refractivity contribution in [1.82, 2.24) is 4.72 Å². The second kappa shape index (κ2) is 9.07. The van der Waals surface area contributed by atoms with Gasteiger partial charge in [-0.1, -0.05) is 19.1 Å². The molecular formula is C13H21ClN2O3S. The third-order valence-electron chi connectivity index (χ3n) is 2.71. The van der Waals surface area contributed by atoms with Crippen molar-refractivity contribution in [2.75, 3.05) is 13.1 Å². The molecule has 0 aromatic heterocycles. The van der Waals surface area contributed by atoms with Crippen molar-refractivity contribution in [3.63, 3.8) is 0 Å². The first-order chi connectivity index (χ1) is 9.01. The number of nitrogens with two attached hydrogens (primary N) is 1. The molecule has 3 N–H and O–H groups in total. The molecule has 0 bridgehead atoms. The lowest BCUT2D eigenvalue weighted by Gasteiger charge is -2.07. The first kappa shape index (κ1) is 19.1. The van der Waals surface area contributed by atoms with Gasteiger partial charge in [0.25, 0.3) is 0 Å². The zero-order valence-corrected chi connectivity index (χ0v) is 13.1. The number of unbranched alkanes of at least 4 members (excludes halogenated alkanes) is 1. The minimum absolute atomic E-state index is 0. The maximum Gasteiger partial charge on any atom is 0.240 e. The van der Waals surface area contributed by atoms with E-state index in [0.717, 1.165) is 6.42 Å². The van der Waals surface area contributed by atoms with E-state index in [4.69, 9.17) is 5.73 Å². The second-order valence-corrected chi connectivity index (χ2v) is 5.97. The van der Waals surface area contributed by atoms with Crippen molar-refractivity contribution in [3.05, 3.63) is 29.8 Å². The van der Waals surface area contributed by atoms with Gasteiger partial charge >= 0.3 is 0 Å². The van der Waals surface area contributed by atoms with Crippen LogP contribution in [0.15, 0.2) is 29.2 Å². The molecule has 20 heavy (non-hydrogen) atoms. The van der Waals surface area contributed by atoms with Crippen molar-refractivity contribution in [3.8, 4) is 0 Å². The molecular weight excluding hydrogens is 300 g/mol. The van der Waals surface area contributed by atoms with E-state index in [2.05, 4.69) is 4.72 Å². The van der Waals surface area contributed by atoms with E-state index >= 15 is 0 Å². The number of hydrogen-bond acceptors (Lipinski definition) is 4. The molecule has 114 valence electrons. The van der Waals surface area contributed by atoms with Gasteiger partial charge in [0.15, 0.2) is 5.78 Å². The highest BCUT2D eigenvalue weighted by Crippen LogP contribution is 2.13. The molecule has 0 aliphatic heterocycles. The normalized spacial score (nSPS) is 10.9. The van der Waals surface area contributed by atoms with E-state index in [0.29, 0.717) is 31.5 Å². The second-order valence-electron chi connectivity index (χ2n) is 4.20. The van der Waals surface area contributed by atoms with Crippen LogP contribution in [0.4, 0.5) is 0 Å². The third-order valence-corrected chi connectivity index (χ3v) is 4.17. The van der Waals surface area contributed by atoms with Crippen LogP contribution in [-0.2, 0) is 10.0 Å². The zero-order chi connectivity index (χ0) is 14.3. The summed E-state index contributed by atoms with van der Waals surface area (Å²) in [5, 5.41) is 0. The fraction of sp³-hybridized carbons (Fsp3) is 0.462. The number of nitrogens with one attached hydrogen (secondary N) is 1. The molecule has 0 heterocycles. The minimum atomic E-state index is -3.55. The highest BCUT2D eigenvalue weighted by atomic mass is 35.5. The van der Waals surface area contributed by atoms with Gasteiger partial charge in [-0.05, 0) is 31.5 Å². The molecule has 0 aliphatic carbocycles. The Morgan fingerprint density at radius 3 is 2.60 bits per heavy atom. The van der Waals surface area contributed by atoms with Gasteiger partial charge in [-0.3, -0.25) is 4.79 Å².